The molecular formula is C17H19FN6O. The zero-order valence-electron chi connectivity index (χ0n) is 13.7. The molecule has 3 aromatic heterocycles. The quantitative estimate of drug-likeness (QED) is 0.768. The van der Waals surface area contributed by atoms with E-state index in [1.807, 2.05) is 29.3 Å². The summed E-state index contributed by atoms with van der Waals surface area (Å²) in [4.78, 5) is 6.28. The molecule has 0 aliphatic carbocycles. The highest BCUT2D eigenvalue weighted by molar-refractivity contribution is 5.13. The Morgan fingerprint density at radius 1 is 1.32 bits per heavy atom. The number of hydrogen-bond donors (Lipinski definition) is 1. The van der Waals surface area contributed by atoms with E-state index in [0.717, 1.165) is 37.3 Å². The van der Waals surface area contributed by atoms with E-state index in [2.05, 4.69) is 25.2 Å². The summed E-state index contributed by atoms with van der Waals surface area (Å²) in [7, 11) is 0. The normalized spacial score (nSPS) is 17.9. The van der Waals surface area contributed by atoms with Gasteiger partial charge in [-0.3, -0.25) is 14.7 Å². The summed E-state index contributed by atoms with van der Waals surface area (Å²) in [5, 5.41) is 11.2. The Bertz CT molecular complexity index is 818. The second kappa shape index (κ2) is 7.02. The maximum absolute atomic E-state index is 13.8. The number of halogens is 1. The molecule has 0 radical (unpaired) electrons. The highest BCUT2D eigenvalue weighted by Crippen LogP contribution is 2.21. The largest absolute Gasteiger partial charge is 0.474 e. The van der Waals surface area contributed by atoms with E-state index in [1.54, 1.807) is 6.07 Å². The fourth-order valence-corrected chi connectivity index (χ4v) is 3.11. The minimum absolute atomic E-state index is 0.0488. The molecule has 8 heteroatoms. The topological polar surface area (TPSA) is 71.9 Å². The van der Waals surface area contributed by atoms with Crippen LogP contribution in [-0.4, -0.2) is 42.5 Å². The van der Waals surface area contributed by atoms with Crippen molar-refractivity contribution in [3.05, 3.63) is 60.1 Å². The molecule has 0 saturated carbocycles. The van der Waals surface area contributed by atoms with Gasteiger partial charge in [0.25, 0.3) is 0 Å². The third-order valence-electron chi connectivity index (χ3n) is 4.44. The lowest BCUT2D eigenvalue weighted by Gasteiger charge is -2.28. The smallest absolute Gasteiger partial charge is 0.250 e. The molecule has 7 nitrogen and oxygen atoms in total. The van der Waals surface area contributed by atoms with Crippen LogP contribution in [0.3, 0.4) is 0 Å². The van der Waals surface area contributed by atoms with Crippen molar-refractivity contribution in [2.45, 2.75) is 32.1 Å². The molecule has 1 aliphatic heterocycles. The van der Waals surface area contributed by atoms with Crippen LogP contribution in [0, 0.1) is 5.82 Å². The second-order valence-corrected chi connectivity index (χ2v) is 6.10. The molecule has 0 fully saturated rings. The van der Waals surface area contributed by atoms with Gasteiger partial charge in [0, 0.05) is 49.8 Å². The first-order chi connectivity index (χ1) is 12.3. The molecule has 3 aromatic rings. The SMILES string of the molecule is Fc1cccnc1OC[C@@H]1CCn2nccc2CN1Cc1cn[nH]c1. The van der Waals surface area contributed by atoms with Gasteiger partial charge in [-0.05, 0) is 24.6 Å². The molecule has 130 valence electrons. The van der Waals surface area contributed by atoms with Gasteiger partial charge in [0.15, 0.2) is 5.82 Å². The molecule has 0 spiro atoms. The number of H-pyrrole nitrogens is 1. The van der Waals surface area contributed by atoms with E-state index in [0.29, 0.717) is 6.61 Å². The van der Waals surface area contributed by atoms with Crippen molar-refractivity contribution >= 4 is 0 Å². The van der Waals surface area contributed by atoms with Crippen LogP contribution in [0.25, 0.3) is 0 Å². The molecule has 0 unspecified atom stereocenters. The van der Waals surface area contributed by atoms with Crippen LogP contribution in [0.5, 0.6) is 5.88 Å². The predicted molar refractivity (Wildman–Crippen MR) is 88.2 cm³/mol. The summed E-state index contributed by atoms with van der Waals surface area (Å²) in [5.41, 5.74) is 2.26. The molecule has 4 heterocycles. The van der Waals surface area contributed by atoms with E-state index in [4.69, 9.17) is 4.74 Å². The summed E-state index contributed by atoms with van der Waals surface area (Å²) in [5.74, 6) is -0.391. The predicted octanol–water partition coefficient (Wildman–Crippen LogP) is 1.99. The number of aromatic amines is 1. The van der Waals surface area contributed by atoms with E-state index in [-0.39, 0.29) is 11.9 Å². The van der Waals surface area contributed by atoms with Gasteiger partial charge in [-0.15, -0.1) is 0 Å². The standard InChI is InChI=1S/C17H19FN6O/c18-16-2-1-5-19-17(16)25-12-15-4-7-24-14(3-6-22-24)11-23(15)10-13-8-20-21-9-13/h1-3,5-6,8-9,15H,4,7,10-12H2,(H,20,21)/t15-/m0/s1. The van der Waals surface area contributed by atoms with Crippen molar-refractivity contribution < 1.29 is 9.13 Å². The average molecular weight is 342 g/mol. The van der Waals surface area contributed by atoms with Crippen LogP contribution < -0.4 is 4.74 Å². The highest BCUT2D eigenvalue weighted by Gasteiger charge is 2.25. The zero-order valence-corrected chi connectivity index (χ0v) is 13.7. The van der Waals surface area contributed by atoms with Crippen LogP contribution in [0.2, 0.25) is 0 Å². The first kappa shape index (κ1) is 15.8. The number of fused-ring (bicyclic) bond motifs is 1. The Morgan fingerprint density at radius 3 is 3.12 bits per heavy atom. The first-order valence-corrected chi connectivity index (χ1v) is 8.25. The molecule has 25 heavy (non-hydrogen) atoms. The summed E-state index contributed by atoms with van der Waals surface area (Å²) in [6.45, 7) is 2.67. The molecule has 1 atom stereocenters. The highest BCUT2D eigenvalue weighted by atomic mass is 19.1. The zero-order chi connectivity index (χ0) is 17.1. The van der Waals surface area contributed by atoms with Crippen molar-refractivity contribution in [1.29, 1.82) is 0 Å². The van der Waals surface area contributed by atoms with Gasteiger partial charge in [0.1, 0.15) is 6.61 Å². The lowest BCUT2D eigenvalue weighted by atomic mass is 10.1. The number of aryl methyl sites for hydroxylation is 1. The van der Waals surface area contributed by atoms with Crippen LogP contribution in [0.1, 0.15) is 17.7 Å². The number of pyridine rings is 1. The maximum Gasteiger partial charge on any atom is 0.250 e. The minimum Gasteiger partial charge on any atom is -0.474 e. The third kappa shape index (κ3) is 3.53. The number of rotatable bonds is 5. The number of nitrogens with one attached hydrogen (secondary N) is 1. The molecule has 1 aliphatic rings. The Labute approximate surface area is 144 Å². The third-order valence-corrected chi connectivity index (χ3v) is 4.44. The van der Waals surface area contributed by atoms with Gasteiger partial charge in [-0.2, -0.15) is 10.2 Å². The molecule has 0 amide bonds. The minimum atomic E-state index is -0.439. The monoisotopic (exact) mass is 342 g/mol. The van der Waals surface area contributed by atoms with Gasteiger partial charge >= 0.3 is 0 Å². The fourth-order valence-electron chi connectivity index (χ4n) is 3.11. The summed E-state index contributed by atoms with van der Waals surface area (Å²) < 4.78 is 21.5. The Hall–Kier alpha value is -2.74. The average Bonchev–Trinajstić information content (AvgIpc) is 3.25. The maximum atomic E-state index is 13.8. The second-order valence-electron chi connectivity index (χ2n) is 6.10. The number of hydrogen-bond acceptors (Lipinski definition) is 5. The van der Waals surface area contributed by atoms with Crippen LogP contribution in [-0.2, 0) is 19.6 Å². The van der Waals surface area contributed by atoms with Gasteiger partial charge < -0.3 is 4.74 Å². The lowest BCUT2D eigenvalue weighted by molar-refractivity contribution is 0.113. The Kier molecular flexibility index (Phi) is 4.43. The number of aromatic nitrogens is 5. The van der Waals surface area contributed by atoms with Crippen molar-refractivity contribution in [2.24, 2.45) is 0 Å². The number of nitrogens with zero attached hydrogens (tertiary/aromatic N) is 5. The van der Waals surface area contributed by atoms with Crippen LogP contribution >= 0.6 is 0 Å². The molecule has 4 rings (SSSR count). The Balaban J connectivity index is 1.51. The van der Waals surface area contributed by atoms with Crippen molar-refractivity contribution in [1.82, 2.24) is 29.9 Å². The van der Waals surface area contributed by atoms with Crippen molar-refractivity contribution in [2.75, 3.05) is 6.61 Å². The van der Waals surface area contributed by atoms with Crippen molar-refractivity contribution in [3.63, 3.8) is 0 Å². The van der Waals surface area contributed by atoms with Gasteiger partial charge in [0.05, 0.1) is 11.9 Å². The Morgan fingerprint density at radius 2 is 2.28 bits per heavy atom. The lowest BCUT2D eigenvalue weighted by Crippen LogP contribution is -2.38. The van der Waals surface area contributed by atoms with Gasteiger partial charge in [0.2, 0.25) is 5.88 Å². The van der Waals surface area contributed by atoms with E-state index < -0.39 is 5.82 Å². The van der Waals surface area contributed by atoms with Crippen LogP contribution in [0.15, 0.2) is 43.0 Å². The van der Waals surface area contributed by atoms with Crippen LogP contribution in [0.4, 0.5) is 4.39 Å². The van der Waals surface area contributed by atoms with E-state index in [9.17, 15) is 4.39 Å². The number of ether oxygens (including phenoxy) is 1. The van der Waals surface area contributed by atoms with Crippen molar-refractivity contribution in [3.8, 4) is 5.88 Å². The first-order valence-electron chi connectivity index (χ1n) is 8.25. The molecule has 1 N–H and O–H groups in total. The molecule has 0 aromatic carbocycles. The summed E-state index contributed by atoms with van der Waals surface area (Å²) in [6, 6.07) is 5.06. The van der Waals surface area contributed by atoms with Gasteiger partial charge in [-0.1, -0.05) is 0 Å². The molecule has 0 saturated heterocycles. The summed E-state index contributed by atoms with van der Waals surface area (Å²) >= 11 is 0. The molecular weight excluding hydrogens is 323 g/mol. The summed E-state index contributed by atoms with van der Waals surface area (Å²) in [6.07, 6.45) is 7.92. The fraction of sp³-hybridized carbons (Fsp3) is 0.353. The van der Waals surface area contributed by atoms with E-state index >= 15 is 0 Å². The van der Waals surface area contributed by atoms with Gasteiger partial charge in [-0.25, -0.2) is 9.37 Å². The molecule has 0 bridgehead atoms. The van der Waals surface area contributed by atoms with E-state index in [1.165, 1.54) is 12.3 Å².